The molecule has 12 nitrogen and oxygen atoms in total. The van der Waals surface area contributed by atoms with Gasteiger partial charge in [-0.15, -0.1) is 0 Å². The topological polar surface area (TPSA) is 170 Å². The third kappa shape index (κ3) is 7.32. The van der Waals surface area contributed by atoms with E-state index in [1.807, 2.05) is 27.7 Å². The van der Waals surface area contributed by atoms with Crippen LogP contribution in [0.15, 0.2) is 0 Å². The number of hydrogen-bond acceptors (Lipinski definition) is 11. The summed E-state index contributed by atoms with van der Waals surface area (Å²) in [6.07, 6.45) is 1.24. The second-order valence-electron chi connectivity index (χ2n) is 16.8. The molecule has 17 atom stereocenters. The summed E-state index contributed by atoms with van der Waals surface area (Å²) in [4.78, 5) is 24.3. The van der Waals surface area contributed by atoms with E-state index in [-0.39, 0.29) is 60.9 Å². The van der Waals surface area contributed by atoms with Crippen molar-refractivity contribution >= 4 is 11.9 Å². The highest BCUT2D eigenvalue weighted by atomic mass is 16.7. The molecule has 5 heterocycles. The lowest BCUT2D eigenvalue weighted by molar-refractivity contribution is -0.335. The van der Waals surface area contributed by atoms with Gasteiger partial charge in [-0.25, -0.2) is 0 Å². The van der Waals surface area contributed by atoms with Gasteiger partial charge in [0, 0.05) is 37.0 Å². The molecule has 12 heteroatoms. The Bertz CT molecular complexity index is 1200. The fraction of sp³-hybridized carbons (Fsp3) is 0.946. The van der Waals surface area contributed by atoms with Crippen molar-refractivity contribution in [2.45, 2.75) is 179 Å². The third-order valence-corrected chi connectivity index (χ3v) is 12.9. The molecule has 0 aliphatic carbocycles. The van der Waals surface area contributed by atoms with Crippen molar-refractivity contribution in [2.75, 3.05) is 6.61 Å². The Labute approximate surface area is 291 Å². The quantitative estimate of drug-likeness (QED) is 0.240. The number of carboxylic acids is 1. The average molecular weight is 699 g/mol. The standard InChI is InChI=1S/C37H62O12/c1-10-28(40)45-30(24(7)33(41)42)23(6)31-22(5)25(39)17-36(47-31)14-13-34(8,49-36)27-11-12-35(9,46-27)32-20(3)16-26(44-32)29-19(2)15-21(4)37(43,18-38)48-29/h19-27,29-32,38-39,43H,10-18H2,1-9H3,(H,41,42)/t19-,20-,21+,22+,23-,24-,25+,26-,27-,29+,30-,31+,32+,34+,35+,36-,37+/m0/s1. The predicted molar refractivity (Wildman–Crippen MR) is 177 cm³/mol. The predicted octanol–water partition coefficient (Wildman–Crippen LogP) is 4.19. The van der Waals surface area contributed by atoms with Gasteiger partial charge in [-0.05, 0) is 64.7 Å². The molecule has 4 N–H and O–H groups in total. The van der Waals surface area contributed by atoms with Gasteiger partial charge in [0.25, 0.3) is 0 Å². The first-order valence-electron chi connectivity index (χ1n) is 18.6. The number of aliphatic hydroxyl groups excluding tert-OH is 2. The van der Waals surface area contributed by atoms with Gasteiger partial charge < -0.3 is 48.8 Å². The van der Waals surface area contributed by atoms with Crippen LogP contribution < -0.4 is 0 Å². The number of aliphatic hydroxyl groups is 3. The number of ether oxygens (including phenoxy) is 6. The van der Waals surface area contributed by atoms with Crippen molar-refractivity contribution in [3.8, 4) is 0 Å². The van der Waals surface area contributed by atoms with Gasteiger partial charge in [-0.2, -0.15) is 0 Å². The normalized spacial score (nSPS) is 49.1. The highest BCUT2D eigenvalue weighted by Gasteiger charge is 2.61. The molecule has 5 fully saturated rings. The van der Waals surface area contributed by atoms with Crippen LogP contribution in [0.25, 0.3) is 0 Å². The van der Waals surface area contributed by atoms with Crippen LogP contribution >= 0.6 is 0 Å². The Balaban J connectivity index is 1.27. The van der Waals surface area contributed by atoms with Crippen molar-refractivity contribution in [1.82, 2.24) is 0 Å². The summed E-state index contributed by atoms with van der Waals surface area (Å²) in [5.41, 5.74) is -1.29. The maximum absolute atomic E-state index is 12.3. The van der Waals surface area contributed by atoms with E-state index in [0.29, 0.717) is 12.8 Å². The maximum atomic E-state index is 12.3. The summed E-state index contributed by atoms with van der Waals surface area (Å²) in [5, 5.41) is 42.0. The zero-order valence-electron chi connectivity index (χ0n) is 30.9. The van der Waals surface area contributed by atoms with E-state index < -0.39 is 71.5 Å². The molecule has 1 spiro atoms. The van der Waals surface area contributed by atoms with E-state index in [2.05, 4.69) is 20.8 Å². The molecule has 5 saturated heterocycles. The average Bonchev–Trinajstić information content (AvgIpc) is 3.74. The fourth-order valence-corrected chi connectivity index (χ4v) is 9.66. The Morgan fingerprint density at radius 1 is 0.959 bits per heavy atom. The monoisotopic (exact) mass is 698 g/mol. The minimum Gasteiger partial charge on any atom is -0.481 e. The van der Waals surface area contributed by atoms with Crippen LogP contribution in [0.1, 0.15) is 114 Å². The molecule has 5 aliphatic rings. The largest absolute Gasteiger partial charge is 0.481 e. The Hall–Kier alpha value is -1.38. The molecule has 282 valence electrons. The molecule has 5 rings (SSSR count). The molecule has 0 saturated carbocycles. The molecular formula is C37H62O12. The van der Waals surface area contributed by atoms with Crippen LogP contribution in [0.4, 0.5) is 0 Å². The minimum atomic E-state index is -1.58. The van der Waals surface area contributed by atoms with E-state index in [4.69, 9.17) is 28.4 Å². The van der Waals surface area contributed by atoms with Crippen LogP contribution in [0.5, 0.6) is 0 Å². The van der Waals surface area contributed by atoms with Crippen LogP contribution in [-0.2, 0) is 38.0 Å². The first-order valence-corrected chi connectivity index (χ1v) is 18.6. The van der Waals surface area contributed by atoms with Gasteiger partial charge >= 0.3 is 11.9 Å². The SMILES string of the molecule is CCC(=O)O[C@@H]([C@H](C)[C@@H]1O[C@]2(CC[C@](C)([C@@H]3CC[C@](C)([C@@H]4O[C@H]([C@@H]5O[C@](O)(CO)[C@H](C)C[C@@H]5C)C[C@@H]4C)O3)O2)C[C@@H](O)[C@H]1C)[C@H](C)C(=O)O. The summed E-state index contributed by atoms with van der Waals surface area (Å²) >= 11 is 0. The van der Waals surface area contributed by atoms with E-state index in [1.165, 1.54) is 6.92 Å². The second kappa shape index (κ2) is 14.2. The van der Waals surface area contributed by atoms with Gasteiger partial charge in [0.2, 0.25) is 0 Å². The highest BCUT2D eigenvalue weighted by molar-refractivity contribution is 5.72. The molecule has 0 amide bonds. The van der Waals surface area contributed by atoms with E-state index >= 15 is 0 Å². The van der Waals surface area contributed by atoms with Gasteiger partial charge in [0.15, 0.2) is 11.6 Å². The maximum Gasteiger partial charge on any atom is 0.309 e. The molecule has 49 heavy (non-hydrogen) atoms. The van der Waals surface area contributed by atoms with Gasteiger partial charge in [0.1, 0.15) is 6.10 Å². The number of hydrogen-bond donors (Lipinski definition) is 4. The fourth-order valence-electron chi connectivity index (χ4n) is 9.66. The van der Waals surface area contributed by atoms with Gasteiger partial charge in [-0.3, -0.25) is 9.59 Å². The first-order chi connectivity index (χ1) is 22.8. The summed E-state index contributed by atoms with van der Waals surface area (Å²) in [6, 6.07) is 0. The second-order valence-corrected chi connectivity index (χ2v) is 16.8. The third-order valence-electron chi connectivity index (χ3n) is 12.9. The van der Waals surface area contributed by atoms with Gasteiger partial charge in [-0.1, -0.05) is 41.5 Å². The van der Waals surface area contributed by atoms with Crippen molar-refractivity contribution in [1.29, 1.82) is 0 Å². The number of rotatable bonds is 10. The number of esters is 1. The lowest BCUT2D eigenvalue weighted by atomic mass is 9.78. The summed E-state index contributed by atoms with van der Waals surface area (Å²) in [5.74, 6) is -5.90. The number of aliphatic carboxylic acids is 1. The summed E-state index contributed by atoms with van der Waals surface area (Å²) < 4.78 is 39.1. The van der Waals surface area contributed by atoms with E-state index in [1.54, 1.807) is 6.92 Å². The Kier molecular flexibility index (Phi) is 11.3. The smallest absolute Gasteiger partial charge is 0.309 e. The minimum absolute atomic E-state index is 0.121. The highest BCUT2D eigenvalue weighted by Crippen LogP contribution is 2.54. The molecule has 0 aromatic carbocycles. The summed E-state index contributed by atoms with van der Waals surface area (Å²) in [7, 11) is 0. The van der Waals surface area contributed by atoms with Crippen molar-refractivity contribution in [2.24, 2.45) is 35.5 Å². The lowest BCUT2D eigenvalue weighted by Gasteiger charge is -2.48. The first kappa shape index (κ1) is 38.8. The zero-order valence-corrected chi connectivity index (χ0v) is 30.9. The van der Waals surface area contributed by atoms with Crippen LogP contribution in [0.3, 0.4) is 0 Å². The molecule has 5 aliphatic heterocycles. The molecule has 0 bridgehead atoms. The van der Waals surface area contributed by atoms with Crippen LogP contribution in [0, 0.1) is 35.5 Å². The molecule has 0 unspecified atom stereocenters. The van der Waals surface area contributed by atoms with Crippen LogP contribution in [-0.4, -0.2) is 104 Å². The van der Waals surface area contributed by atoms with Gasteiger partial charge in [0.05, 0.1) is 60.4 Å². The molecule has 0 aromatic heterocycles. The number of carbonyl (C=O) groups is 2. The number of carbonyl (C=O) groups excluding carboxylic acids is 1. The zero-order chi connectivity index (χ0) is 36.3. The molecule has 0 aromatic rings. The Morgan fingerprint density at radius 2 is 1.65 bits per heavy atom. The molecular weight excluding hydrogens is 636 g/mol. The van der Waals surface area contributed by atoms with E-state index in [0.717, 1.165) is 25.7 Å². The van der Waals surface area contributed by atoms with Crippen molar-refractivity contribution < 1.29 is 58.4 Å². The van der Waals surface area contributed by atoms with Crippen molar-refractivity contribution in [3.05, 3.63) is 0 Å². The van der Waals surface area contributed by atoms with E-state index in [9.17, 15) is 30.0 Å². The molecule has 0 radical (unpaired) electrons. The lowest BCUT2D eigenvalue weighted by Crippen LogP contribution is -2.57. The van der Waals surface area contributed by atoms with Crippen molar-refractivity contribution in [3.63, 3.8) is 0 Å². The van der Waals surface area contributed by atoms with Crippen LogP contribution in [0.2, 0.25) is 0 Å². The summed E-state index contributed by atoms with van der Waals surface area (Å²) in [6.45, 7) is 16.7. The Morgan fingerprint density at radius 3 is 2.29 bits per heavy atom. The number of carboxylic acid groups (broad SMARTS) is 1.